The smallest absolute Gasteiger partial charge is 0.266 e. The summed E-state index contributed by atoms with van der Waals surface area (Å²) >= 11 is 0. The quantitative estimate of drug-likeness (QED) is 0.862. The molecule has 2 aliphatic rings. The summed E-state index contributed by atoms with van der Waals surface area (Å²) in [6.45, 7) is 4.59. The molecule has 0 radical (unpaired) electrons. The van der Waals surface area contributed by atoms with Crippen LogP contribution in [-0.2, 0) is 6.54 Å². The second-order valence-corrected chi connectivity index (χ2v) is 6.95. The van der Waals surface area contributed by atoms with Gasteiger partial charge in [-0.1, -0.05) is 0 Å². The predicted molar refractivity (Wildman–Crippen MR) is 92.2 cm³/mol. The third-order valence-electron chi connectivity index (χ3n) is 5.01. The van der Waals surface area contributed by atoms with E-state index in [0.29, 0.717) is 11.8 Å². The van der Waals surface area contributed by atoms with E-state index in [9.17, 15) is 4.79 Å². The Hall–Kier alpha value is -2.24. The summed E-state index contributed by atoms with van der Waals surface area (Å²) in [5.41, 5.74) is 1.11. The van der Waals surface area contributed by atoms with Crippen LogP contribution in [0.2, 0.25) is 0 Å². The molecule has 6 nitrogen and oxygen atoms in total. The van der Waals surface area contributed by atoms with Gasteiger partial charge in [0.1, 0.15) is 11.6 Å². The number of rotatable bonds is 4. The number of aryl methyl sites for hydroxylation is 1. The Balaban J connectivity index is 1.40. The first kappa shape index (κ1) is 15.3. The minimum Gasteiger partial charge on any atom is -0.356 e. The molecule has 1 saturated heterocycles. The summed E-state index contributed by atoms with van der Waals surface area (Å²) in [4.78, 5) is 23.1. The van der Waals surface area contributed by atoms with Gasteiger partial charge in [0.15, 0.2) is 0 Å². The van der Waals surface area contributed by atoms with Crippen LogP contribution in [0.5, 0.6) is 0 Å². The van der Waals surface area contributed by atoms with Crippen molar-refractivity contribution in [2.75, 3.05) is 18.0 Å². The largest absolute Gasteiger partial charge is 0.356 e. The average molecular weight is 325 g/mol. The lowest BCUT2D eigenvalue weighted by atomic mass is 9.97. The van der Waals surface area contributed by atoms with E-state index in [0.717, 1.165) is 49.8 Å². The Kier molecular flexibility index (Phi) is 4.04. The summed E-state index contributed by atoms with van der Waals surface area (Å²) in [7, 11) is 0. The lowest BCUT2D eigenvalue weighted by Crippen LogP contribution is -2.37. The van der Waals surface area contributed by atoms with Crippen LogP contribution >= 0.6 is 0 Å². The van der Waals surface area contributed by atoms with E-state index in [1.54, 1.807) is 10.7 Å². The van der Waals surface area contributed by atoms with E-state index in [1.165, 1.54) is 12.8 Å². The van der Waals surface area contributed by atoms with E-state index in [4.69, 9.17) is 0 Å². The summed E-state index contributed by atoms with van der Waals surface area (Å²) in [6, 6.07) is 5.55. The van der Waals surface area contributed by atoms with Gasteiger partial charge < -0.3 is 4.90 Å². The van der Waals surface area contributed by atoms with Gasteiger partial charge in [0, 0.05) is 37.8 Å². The van der Waals surface area contributed by atoms with E-state index in [1.807, 2.05) is 25.3 Å². The van der Waals surface area contributed by atoms with Gasteiger partial charge in [0.2, 0.25) is 0 Å². The molecule has 0 N–H and O–H groups in total. The van der Waals surface area contributed by atoms with E-state index in [2.05, 4.69) is 20.0 Å². The normalized spacial score (nSPS) is 18.8. The Morgan fingerprint density at radius 1 is 1.12 bits per heavy atom. The molecule has 6 heteroatoms. The summed E-state index contributed by atoms with van der Waals surface area (Å²) < 4.78 is 1.68. The molecule has 0 spiro atoms. The minimum atomic E-state index is 0.0215. The molecule has 24 heavy (non-hydrogen) atoms. The monoisotopic (exact) mass is 325 g/mol. The van der Waals surface area contributed by atoms with Crippen LogP contribution in [0.3, 0.4) is 0 Å². The highest BCUT2D eigenvalue weighted by molar-refractivity contribution is 5.37. The SMILES string of the molecule is Cc1nccc(N2CCC(Cn3nc(C4CC4)ccc3=O)CC2)n1. The number of hydrogen-bond acceptors (Lipinski definition) is 5. The Morgan fingerprint density at radius 3 is 2.62 bits per heavy atom. The highest BCUT2D eigenvalue weighted by atomic mass is 16.1. The maximum absolute atomic E-state index is 12.1. The minimum absolute atomic E-state index is 0.0215. The van der Waals surface area contributed by atoms with E-state index in [-0.39, 0.29) is 5.56 Å². The van der Waals surface area contributed by atoms with Crippen molar-refractivity contribution in [3.05, 3.63) is 46.3 Å². The number of aromatic nitrogens is 4. The molecular weight excluding hydrogens is 302 g/mol. The third kappa shape index (κ3) is 3.32. The van der Waals surface area contributed by atoms with Crippen molar-refractivity contribution in [2.24, 2.45) is 5.92 Å². The number of anilines is 1. The lowest BCUT2D eigenvalue weighted by molar-refractivity contribution is 0.333. The first-order chi connectivity index (χ1) is 11.7. The van der Waals surface area contributed by atoms with Crippen LogP contribution in [0.4, 0.5) is 5.82 Å². The van der Waals surface area contributed by atoms with Crippen molar-refractivity contribution in [3.8, 4) is 0 Å². The fourth-order valence-corrected chi connectivity index (χ4v) is 3.40. The van der Waals surface area contributed by atoms with Crippen molar-refractivity contribution < 1.29 is 0 Å². The molecule has 0 atom stereocenters. The maximum Gasteiger partial charge on any atom is 0.266 e. The number of hydrogen-bond donors (Lipinski definition) is 0. The first-order valence-corrected chi connectivity index (χ1v) is 8.82. The van der Waals surface area contributed by atoms with Gasteiger partial charge in [0.05, 0.1) is 5.69 Å². The molecule has 4 rings (SSSR count). The predicted octanol–water partition coefficient (Wildman–Crippen LogP) is 2.14. The van der Waals surface area contributed by atoms with Gasteiger partial charge in [-0.3, -0.25) is 4.79 Å². The molecule has 2 aromatic heterocycles. The van der Waals surface area contributed by atoms with Gasteiger partial charge in [-0.15, -0.1) is 0 Å². The highest BCUT2D eigenvalue weighted by Gasteiger charge is 2.26. The summed E-state index contributed by atoms with van der Waals surface area (Å²) in [6.07, 6.45) is 6.36. The zero-order chi connectivity index (χ0) is 16.5. The molecule has 2 aromatic rings. The van der Waals surface area contributed by atoms with Crippen molar-refractivity contribution in [1.82, 2.24) is 19.7 Å². The summed E-state index contributed by atoms with van der Waals surface area (Å²) in [5.74, 6) is 2.90. The number of piperidine rings is 1. The van der Waals surface area contributed by atoms with Gasteiger partial charge in [-0.05, 0) is 50.7 Å². The molecule has 126 valence electrons. The fraction of sp³-hybridized carbons (Fsp3) is 0.556. The van der Waals surface area contributed by atoms with Crippen LogP contribution in [0.15, 0.2) is 29.2 Å². The van der Waals surface area contributed by atoms with Crippen LogP contribution in [-0.4, -0.2) is 32.8 Å². The maximum atomic E-state index is 12.1. The van der Waals surface area contributed by atoms with Crippen LogP contribution in [0.1, 0.15) is 43.1 Å². The Labute approximate surface area is 141 Å². The van der Waals surface area contributed by atoms with Crippen molar-refractivity contribution >= 4 is 5.82 Å². The molecule has 2 fully saturated rings. The van der Waals surface area contributed by atoms with E-state index >= 15 is 0 Å². The van der Waals surface area contributed by atoms with Crippen molar-refractivity contribution in [1.29, 1.82) is 0 Å². The van der Waals surface area contributed by atoms with Gasteiger partial charge in [-0.2, -0.15) is 5.10 Å². The van der Waals surface area contributed by atoms with Gasteiger partial charge in [-0.25, -0.2) is 14.6 Å². The molecule has 0 amide bonds. The highest BCUT2D eigenvalue weighted by Crippen LogP contribution is 2.38. The Morgan fingerprint density at radius 2 is 1.92 bits per heavy atom. The fourth-order valence-electron chi connectivity index (χ4n) is 3.40. The first-order valence-electron chi connectivity index (χ1n) is 8.82. The topological polar surface area (TPSA) is 63.9 Å². The average Bonchev–Trinajstić information content (AvgIpc) is 3.43. The molecular formula is C18H23N5O. The number of nitrogens with zero attached hydrogens (tertiary/aromatic N) is 5. The van der Waals surface area contributed by atoms with Gasteiger partial charge in [0.25, 0.3) is 5.56 Å². The second-order valence-electron chi connectivity index (χ2n) is 6.95. The van der Waals surface area contributed by atoms with Crippen molar-refractivity contribution in [3.63, 3.8) is 0 Å². The molecule has 1 saturated carbocycles. The zero-order valence-electron chi connectivity index (χ0n) is 14.1. The zero-order valence-corrected chi connectivity index (χ0v) is 14.1. The lowest BCUT2D eigenvalue weighted by Gasteiger charge is -2.32. The van der Waals surface area contributed by atoms with Crippen LogP contribution < -0.4 is 10.5 Å². The molecule has 3 heterocycles. The summed E-state index contributed by atoms with van der Waals surface area (Å²) in [5, 5.41) is 4.59. The Bertz CT molecular complexity index is 775. The molecule has 0 bridgehead atoms. The van der Waals surface area contributed by atoms with Gasteiger partial charge >= 0.3 is 0 Å². The van der Waals surface area contributed by atoms with Crippen molar-refractivity contribution in [2.45, 2.75) is 45.1 Å². The van der Waals surface area contributed by atoms with Crippen LogP contribution in [0.25, 0.3) is 0 Å². The molecule has 0 aromatic carbocycles. The van der Waals surface area contributed by atoms with E-state index < -0.39 is 0 Å². The molecule has 0 unspecified atom stereocenters. The van der Waals surface area contributed by atoms with Crippen LogP contribution in [0, 0.1) is 12.8 Å². The molecule has 1 aliphatic heterocycles. The molecule has 1 aliphatic carbocycles. The third-order valence-corrected chi connectivity index (χ3v) is 5.01. The second kappa shape index (κ2) is 6.34. The standard InChI is InChI=1S/C18H23N5O/c1-13-19-9-6-17(20-13)22-10-7-14(8-11-22)12-23-18(24)5-4-16(21-23)15-2-3-15/h4-6,9,14-15H,2-3,7-8,10-12H2,1H3.